The van der Waals surface area contributed by atoms with Crippen molar-refractivity contribution in [3.05, 3.63) is 35.6 Å². The van der Waals surface area contributed by atoms with Crippen LogP contribution in [0.3, 0.4) is 0 Å². The molecule has 0 saturated carbocycles. The Kier molecular flexibility index (Phi) is 5.71. The molecule has 0 aromatic heterocycles. The van der Waals surface area contributed by atoms with Crippen molar-refractivity contribution >= 4 is 10.0 Å². The summed E-state index contributed by atoms with van der Waals surface area (Å²) >= 11 is 0. The molecular formula is C12H18FNO3S. The van der Waals surface area contributed by atoms with E-state index >= 15 is 0 Å². The van der Waals surface area contributed by atoms with E-state index in [2.05, 4.69) is 0 Å². The summed E-state index contributed by atoms with van der Waals surface area (Å²) in [7, 11) is -1.96. The van der Waals surface area contributed by atoms with Crippen molar-refractivity contribution in [1.29, 1.82) is 0 Å². The van der Waals surface area contributed by atoms with Gasteiger partial charge < -0.3 is 5.11 Å². The van der Waals surface area contributed by atoms with Crippen LogP contribution in [0.5, 0.6) is 0 Å². The van der Waals surface area contributed by atoms with Crippen LogP contribution in [0.25, 0.3) is 0 Å². The standard InChI is InChI=1S/C12H18FNO3S/c1-14(18(16,17)9-5-4-8-15)10-11-6-2-3-7-12(11)13/h2-3,6-7,15H,4-5,8-10H2,1H3. The van der Waals surface area contributed by atoms with Gasteiger partial charge in [-0.1, -0.05) is 18.2 Å². The van der Waals surface area contributed by atoms with Crippen LogP contribution in [0.1, 0.15) is 18.4 Å². The molecule has 0 unspecified atom stereocenters. The minimum absolute atomic E-state index is 0.0213. The van der Waals surface area contributed by atoms with Gasteiger partial charge in [0.15, 0.2) is 0 Å². The third-order valence-corrected chi connectivity index (χ3v) is 4.52. The molecule has 6 heteroatoms. The van der Waals surface area contributed by atoms with Crippen LogP contribution < -0.4 is 0 Å². The maximum atomic E-state index is 13.4. The number of benzene rings is 1. The molecule has 0 aliphatic carbocycles. The van der Waals surface area contributed by atoms with Crippen LogP contribution in [0, 0.1) is 5.82 Å². The second-order valence-corrected chi connectivity index (χ2v) is 6.29. The summed E-state index contributed by atoms with van der Waals surface area (Å²) in [5.41, 5.74) is 0.353. The number of aliphatic hydroxyl groups excluding tert-OH is 1. The van der Waals surface area contributed by atoms with Gasteiger partial charge in [0.1, 0.15) is 5.82 Å². The third kappa shape index (κ3) is 4.36. The van der Waals surface area contributed by atoms with Gasteiger partial charge in [0.25, 0.3) is 0 Å². The smallest absolute Gasteiger partial charge is 0.214 e. The highest BCUT2D eigenvalue weighted by molar-refractivity contribution is 7.89. The van der Waals surface area contributed by atoms with Crippen molar-refractivity contribution in [3.63, 3.8) is 0 Å². The number of aliphatic hydroxyl groups is 1. The van der Waals surface area contributed by atoms with Gasteiger partial charge in [-0.05, 0) is 18.9 Å². The van der Waals surface area contributed by atoms with E-state index in [4.69, 9.17) is 5.11 Å². The van der Waals surface area contributed by atoms with Gasteiger partial charge in [-0.3, -0.25) is 0 Å². The molecule has 0 spiro atoms. The largest absolute Gasteiger partial charge is 0.396 e. The minimum Gasteiger partial charge on any atom is -0.396 e. The predicted octanol–water partition coefficient (Wildman–Crippen LogP) is 1.36. The normalized spacial score (nSPS) is 12.0. The minimum atomic E-state index is -3.39. The maximum Gasteiger partial charge on any atom is 0.214 e. The van der Waals surface area contributed by atoms with Crippen molar-refractivity contribution < 1.29 is 17.9 Å². The van der Waals surface area contributed by atoms with Crippen molar-refractivity contribution in [2.24, 2.45) is 0 Å². The van der Waals surface area contributed by atoms with Crippen molar-refractivity contribution in [3.8, 4) is 0 Å². The van der Waals surface area contributed by atoms with E-state index < -0.39 is 15.8 Å². The quantitative estimate of drug-likeness (QED) is 0.764. The first-order chi connectivity index (χ1) is 8.47. The lowest BCUT2D eigenvalue weighted by atomic mass is 10.2. The predicted molar refractivity (Wildman–Crippen MR) is 68.0 cm³/mol. The zero-order valence-electron chi connectivity index (χ0n) is 10.3. The lowest BCUT2D eigenvalue weighted by molar-refractivity contribution is 0.287. The summed E-state index contributed by atoms with van der Waals surface area (Å²) in [6.45, 7) is 0.000674. The molecule has 0 radical (unpaired) electrons. The molecule has 0 saturated heterocycles. The summed E-state index contributed by atoms with van der Waals surface area (Å²) < 4.78 is 38.2. The average molecular weight is 275 g/mol. The van der Waals surface area contributed by atoms with Gasteiger partial charge in [-0.15, -0.1) is 0 Å². The van der Waals surface area contributed by atoms with Crippen LogP contribution in [0.2, 0.25) is 0 Å². The van der Waals surface area contributed by atoms with Crippen molar-refractivity contribution in [2.75, 3.05) is 19.4 Å². The topological polar surface area (TPSA) is 57.6 Å². The van der Waals surface area contributed by atoms with Crippen LogP contribution >= 0.6 is 0 Å². The third-order valence-electron chi connectivity index (χ3n) is 2.64. The first kappa shape index (κ1) is 15.1. The SMILES string of the molecule is CN(Cc1ccccc1F)S(=O)(=O)CCCCO. The van der Waals surface area contributed by atoms with Crippen LogP contribution in [0.15, 0.2) is 24.3 Å². The van der Waals surface area contributed by atoms with Crippen molar-refractivity contribution in [1.82, 2.24) is 4.31 Å². The summed E-state index contributed by atoms with van der Waals surface area (Å²) in [4.78, 5) is 0. The van der Waals surface area contributed by atoms with Gasteiger partial charge in [0.05, 0.1) is 5.75 Å². The Labute approximate surface area is 107 Å². The van der Waals surface area contributed by atoms with E-state index in [-0.39, 0.29) is 18.9 Å². The Morgan fingerprint density at radius 1 is 1.28 bits per heavy atom. The molecule has 1 aromatic carbocycles. The number of halogens is 1. The van der Waals surface area contributed by atoms with Crippen LogP contribution in [-0.4, -0.2) is 37.2 Å². The molecule has 18 heavy (non-hydrogen) atoms. The fourth-order valence-electron chi connectivity index (χ4n) is 1.52. The number of rotatable bonds is 7. The number of nitrogens with zero attached hydrogens (tertiary/aromatic N) is 1. The highest BCUT2D eigenvalue weighted by Crippen LogP contribution is 2.12. The first-order valence-corrected chi connectivity index (χ1v) is 7.36. The monoisotopic (exact) mass is 275 g/mol. The molecular weight excluding hydrogens is 257 g/mol. The molecule has 0 atom stereocenters. The fourth-order valence-corrected chi connectivity index (χ4v) is 2.73. The molecule has 0 bridgehead atoms. The summed E-state index contributed by atoms with van der Waals surface area (Å²) in [6.07, 6.45) is 0.854. The molecule has 1 rings (SSSR count). The summed E-state index contributed by atoms with van der Waals surface area (Å²) in [5.74, 6) is -0.437. The van der Waals surface area contributed by atoms with Gasteiger partial charge in [0, 0.05) is 25.8 Å². The number of hydrogen-bond acceptors (Lipinski definition) is 3. The van der Waals surface area contributed by atoms with Crippen molar-refractivity contribution in [2.45, 2.75) is 19.4 Å². The summed E-state index contributed by atoms with van der Waals surface area (Å²) in [6, 6.07) is 6.11. The molecule has 0 aliphatic rings. The van der Waals surface area contributed by atoms with E-state index in [9.17, 15) is 12.8 Å². The molecule has 0 heterocycles. The Hall–Kier alpha value is -0.980. The van der Waals surface area contributed by atoms with Gasteiger partial charge in [-0.2, -0.15) is 0 Å². The van der Waals surface area contributed by atoms with Crippen LogP contribution in [0.4, 0.5) is 4.39 Å². The number of unbranched alkanes of at least 4 members (excludes halogenated alkanes) is 1. The lowest BCUT2D eigenvalue weighted by Crippen LogP contribution is -2.29. The highest BCUT2D eigenvalue weighted by atomic mass is 32.2. The summed E-state index contributed by atoms with van der Waals surface area (Å²) in [5, 5.41) is 8.62. The van der Waals surface area contributed by atoms with Gasteiger partial charge in [-0.25, -0.2) is 17.1 Å². The van der Waals surface area contributed by atoms with E-state index in [0.717, 1.165) is 4.31 Å². The Morgan fingerprint density at radius 3 is 2.56 bits per heavy atom. The lowest BCUT2D eigenvalue weighted by Gasteiger charge is -2.17. The average Bonchev–Trinajstić information content (AvgIpc) is 2.32. The van der Waals surface area contributed by atoms with E-state index in [1.807, 2.05) is 0 Å². The maximum absolute atomic E-state index is 13.4. The Bertz CT molecular complexity index is 476. The molecule has 1 aromatic rings. The zero-order valence-corrected chi connectivity index (χ0v) is 11.2. The molecule has 0 fully saturated rings. The fraction of sp³-hybridized carbons (Fsp3) is 0.500. The van der Waals surface area contributed by atoms with Gasteiger partial charge >= 0.3 is 0 Å². The van der Waals surface area contributed by atoms with Gasteiger partial charge in [0.2, 0.25) is 10.0 Å². The Morgan fingerprint density at radius 2 is 1.94 bits per heavy atom. The Balaban J connectivity index is 2.64. The van der Waals surface area contributed by atoms with E-state index in [1.165, 1.54) is 13.1 Å². The second-order valence-electron chi connectivity index (χ2n) is 4.09. The van der Waals surface area contributed by atoms with E-state index in [1.54, 1.807) is 18.2 Å². The van der Waals surface area contributed by atoms with Crippen LogP contribution in [-0.2, 0) is 16.6 Å². The molecule has 102 valence electrons. The number of hydrogen-bond donors (Lipinski definition) is 1. The molecule has 4 nitrogen and oxygen atoms in total. The second kappa shape index (κ2) is 6.82. The number of sulfonamides is 1. The zero-order chi connectivity index (χ0) is 13.6. The van der Waals surface area contributed by atoms with E-state index in [0.29, 0.717) is 18.4 Å². The molecule has 0 aliphatic heterocycles. The molecule has 1 N–H and O–H groups in total. The molecule has 0 amide bonds. The first-order valence-electron chi connectivity index (χ1n) is 5.75. The highest BCUT2D eigenvalue weighted by Gasteiger charge is 2.18.